The van der Waals surface area contributed by atoms with Crippen LogP contribution in [0.1, 0.15) is 43.7 Å². The summed E-state index contributed by atoms with van der Waals surface area (Å²) in [7, 11) is 0. The zero-order valence-corrected chi connectivity index (χ0v) is 19.9. The molecule has 0 atom stereocenters. The first-order valence-corrected chi connectivity index (χ1v) is 12.6. The first-order chi connectivity index (χ1) is 13.8. The van der Waals surface area contributed by atoms with E-state index in [0.717, 1.165) is 20.5 Å². The zero-order chi connectivity index (χ0) is 21.0. The number of thiophene rings is 2. The standard InChI is InChI=1S/C20H22N2O3S4/c1-5-25-18(24)16-12(13-7-6-8-26-13)9-27-17(16)22-15(23)11-29-19-21-14(10-28-19)20(2,3)4/h6-10H,5,11H2,1-4H3,(H,22,23). The molecule has 1 amide bonds. The van der Waals surface area contributed by atoms with E-state index in [0.29, 0.717) is 10.6 Å². The number of nitrogens with zero attached hydrogens (tertiary/aromatic N) is 1. The summed E-state index contributed by atoms with van der Waals surface area (Å²) in [6.07, 6.45) is 0. The molecule has 0 aliphatic rings. The third-order valence-electron chi connectivity index (χ3n) is 3.89. The van der Waals surface area contributed by atoms with E-state index in [2.05, 4.69) is 31.1 Å². The van der Waals surface area contributed by atoms with E-state index >= 15 is 0 Å². The summed E-state index contributed by atoms with van der Waals surface area (Å²) in [6, 6.07) is 3.88. The number of rotatable bonds is 7. The largest absolute Gasteiger partial charge is 0.462 e. The average molecular weight is 467 g/mol. The number of thiazole rings is 1. The van der Waals surface area contributed by atoms with Gasteiger partial charge in [0.25, 0.3) is 0 Å². The monoisotopic (exact) mass is 466 g/mol. The summed E-state index contributed by atoms with van der Waals surface area (Å²) in [6.45, 7) is 8.39. The van der Waals surface area contributed by atoms with E-state index in [1.807, 2.05) is 28.3 Å². The molecule has 0 aliphatic carbocycles. The number of ether oxygens (including phenoxy) is 1. The maximum Gasteiger partial charge on any atom is 0.341 e. The fraction of sp³-hybridized carbons (Fsp3) is 0.350. The minimum absolute atomic E-state index is 0.0126. The van der Waals surface area contributed by atoms with Crippen LogP contribution in [0.3, 0.4) is 0 Å². The van der Waals surface area contributed by atoms with Gasteiger partial charge >= 0.3 is 5.97 Å². The van der Waals surface area contributed by atoms with Crippen LogP contribution in [-0.2, 0) is 14.9 Å². The number of amides is 1. The zero-order valence-electron chi connectivity index (χ0n) is 16.6. The molecule has 5 nitrogen and oxygen atoms in total. The van der Waals surface area contributed by atoms with Crippen LogP contribution in [0.5, 0.6) is 0 Å². The van der Waals surface area contributed by atoms with E-state index in [1.165, 1.54) is 23.1 Å². The van der Waals surface area contributed by atoms with Crippen molar-refractivity contribution in [1.29, 1.82) is 0 Å². The summed E-state index contributed by atoms with van der Waals surface area (Å²) in [5.74, 6) is -0.367. The molecular formula is C20H22N2O3S4. The van der Waals surface area contributed by atoms with Gasteiger partial charge in [-0.2, -0.15) is 0 Å². The van der Waals surface area contributed by atoms with E-state index in [-0.39, 0.29) is 23.7 Å². The number of nitrogens with one attached hydrogen (secondary N) is 1. The lowest BCUT2D eigenvalue weighted by atomic mass is 9.93. The Morgan fingerprint density at radius 3 is 2.62 bits per heavy atom. The second kappa shape index (κ2) is 9.42. The second-order valence-corrected chi connectivity index (χ2v) is 11.0. The Morgan fingerprint density at radius 1 is 1.21 bits per heavy atom. The molecule has 0 saturated heterocycles. The van der Waals surface area contributed by atoms with Gasteiger partial charge in [-0.05, 0) is 18.4 Å². The van der Waals surface area contributed by atoms with E-state index in [4.69, 9.17) is 4.74 Å². The maximum atomic E-state index is 12.5. The van der Waals surface area contributed by atoms with Gasteiger partial charge in [0.15, 0.2) is 4.34 Å². The summed E-state index contributed by atoms with van der Waals surface area (Å²) in [5, 5.41) is 9.27. The highest BCUT2D eigenvalue weighted by Gasteiger charge is 2.23. The lowest BCUT2D eigenvalue weighted by Crippen LogP contribution is -2.16. The molecule has 0 spiro atoms. The Balaban J connectivity index is 1.71. The van der Waals surface area contributed by atoms with Crippen LogP contribution in [0.25, 0.3) is 10.4 Å². The van der Waals surface area contributed by atoms with Crippen LogP contribution in [0, 0.1) is 0 Å². The summed E-state index contributed by atoms with van der Waals surface area (Å²) in [4.78, 5) is 30.6. The Kier molecular flexibility index (Phi) is 7.15. The number of hydrogen-bond acceptors (Lipinski definition) is 8. The molecule has 3 heterocycles. The first-order valence-electron chi connectivity index (χ1n) is 9.00. The SMILES string of the molecule is CCOC(=O)c1c(-c2cccs2)csc1NC(=O)CSc1nc(C(C)(C)C)cs1. The average Bonchev–Trinajstić information content (AvgIpc) is 3.39. The van der Waals surface area contributed by atoms with Gasteiger partial charge < -0.3 is 10.1 Å². The maximum absolute atomic E-state index is 12.5. The molecule has 0 unspecified atom stereocenters. The minimum atomic E-state index is -0.421. The molecule has 3 aromatic heterocycles. The van der Waals surface area contributed by atoms with Gasteiger partial charge in [0.05, 0.1) is 18.1 Å². The van der Waals surface area contributed by atoms with Crippen molar-refractivity contribution in [3.05, 3.63) is 39.5 Å². The van der Waals surface area contributed by atoms with Crippen LogP contribution < -0.4 is 5.32 Å². The van der Waals surface area contributed by atoms with Crippen LogP contribution in [0.15, 0.2) is 32.6 Å². The predicted molar refractivity (Wildman–Crippen MR) is 124 cm³/mol. The second-order valence-electron chi connectivity index (χ2n) is 7.14. The van der Waals surface area contributed by atoms with Crippen molar-refractivity contribution in [3.63, 3.8) is 0 Å². The number of aromatic nitrogens is 1. The number of thioether (sulfide) groups is 1. The van der Waals surface area contributed by atoms with Gasteiger partial charge in [-0.1, -0.05) is 38.6 Å². The van der Waals surface area contributed by atoms with Gasteiger partial charge in [-0.3, -0.25) is 4.79 Å². The third-order valence-corrected chi connectivity index (χ3v) is 7.71. The molecule has 0 aliphatic heterocycles. The van der Waals surface area contributed by atoms with Crippen molar-refractivity contribution < 1.29 is 14.3 Å². The third kappa shape index (κ3) is 5.48. The van der Waals surface area contributed by atoms with Crippen LogP contribution in [0.4, 0.5) is 5.00 Å². The van der Waals surface area contributed by atoms with Gasteiger partial charge in [-0.25, -0.2) is 9.78 Å². The number of carbonyl (C=O) groups is 2. The van der Waals surface area contributed by atoms with E-state index in [9.17, 15) is 9.59 Å². The van der Waals surface area contributed by atoms with E-state index < -0.39 is 5.97 Å². The fourth-order valence-corrected chi connectivity index (χ4v) is 6.07. The van der Waals surface area contributed by atoms with Crippen molar-refractivity contribution in [2.24, 2.45) is 0 Å². The molecule has 29 heavy (non-hydrogen) atoms. The van der Waals surface area contributed by atoms with Gasteiger partial charge in [0, 0.05) is 26.6 Å². The number of anilines is 1. The lowest BCUT2D eigenvalue weighted by Gasteiger charge is -2.14. The van der Waals surface area contributed by atoms with Crippen molar-refractivity contribution in [3.8, 4) is 10.4 Å². The normalized spacial score (nSPS) is 11.4. The quantitative estimate of drug-likeness (QED) is 0.335. The summed E-state index contributed by atoms with van der Waals surface area (Å²) < 4.78 is 6.08. The molecule has 0 saturated carbocycles. The van der Waals surface area contributed by atoms with Crippen molar-refractivity contribution >= 4 is 62.6 Å². The highest BCUT2D eigenvalue weighted by molar-refractivity contribution is 8.01. The molecular weight excluding hydrogens is 444 g/mol. The first kappa shape index (κ1) is 22.0. The number of esters is 1. The smallest absolute Gasteiger partial charge is 0.341 e. The van der Waals surface area contributed by atoms with E-state index in [1.54, 1.807) is 29.6 Å². The molecule has 0 aromatic carbocycles. The highest BCUT2D eigenvalue weighted by Crippen LogP contribution is 2.38. The molecule has 0 fully saturated rings. The minimum Gasteiger partial charge on any atom is -0.462 e. The Morgan fingerprint density at radius 2 is 2.00 bits per heavy atom. The number of carbonyl (C=O) groups excluding carboxylic acids is 2. The Hall–Kier alpha value is -1.68. The van der Waals surface area contributed by atoms with Gasteiger partial charge in [0.2, 0.25) is 5.91 Å². The van der Waals surface area contributed by atoms with Crippen LogP contribution in [-0.4, -0.2) is 29.2 Å². The van der Waals surface area contributed by atoms with Gasteiger partial charge in [-0.15, -0.1) is 34.0 Å². The summed E-state index contributed by atoms with van der Waals surface area (Å²) >= 11 is 5.83. The Labute approximate surface area is 186 Å². The molecule has 1 N–H and O–H groups in total. The molecule has 154 valence electrons. The molecule has 3 rings (SSSR count). The van der Waals surface area contributed by atoms with Crippen molar-refractivity contribution in [2.45, 2.75) is 37.4 Å². The molecule has 3 aromatic rings. The van der Waals surface area contributed by atoms with Crippen LogP contribution in [0.2, 0.25) is 0 Å². The molecule has 9 heteroatoms. The summed E-state index contributed by atoms with van der Waals surface area (Å²) in [5.41, 5.74) is 2.22. The molecule has 0 bridgehead atoms. The molecule has 0 radical (unpaired) electrons. The van der Waals surface area contributed by atoms with Gasteiger partial charge in [0.1, 0.15) is 10.6 Å². The van der Waals surface area contributed by atoms with Crippen molar-refractivity contribution in [1.82, 2.24) is 4.98 Å². The number of hydrogen-bond donors (Lipinski definition) is 1. The topological polar surface area (TPSA) is 68.3 Å². The highest BCUT2D eigenvalue weighted by atomic mass is 32.2. The lowest BCUT2D eigenvalue weighted by molar-refractivity contribution is -0.113. The Bertz CT molecular complexity index is 984. The fourth-order valence-electron chi connectivity index (χ4n) is 2.43. The predicted octanol–water partition coefficient (Wildman–Crippen LogP) is 6.14. The van der Waals surface area contributed by atoms with Crippen LogP contribution >= 0.6 is 45.8 Å². The van der Waals surface area contributed by atoms with Crippen molar-refractivity contribution in [2.75, 3.05) is 17.7 Å².